The van der Waals surface area contributed by atoms with Crippen molar-refractivity contribution in [3.63, 3.8) is 0 Å². The van der Waals surface area contributed by atoms with Crippen LogP contribution in [0.2, 0.25) is 0 Å². The lowest BCUT2D eigenvalue weighted by molar-refractivity contribution is 0.170. The molecule has 0 saturated carbocycles. The smallest absolute Gasteiger partial charge is 0.123 e. The molecule has 3 rings (SSSR count). The molecule has 0 unspecified atom stereocenters. The summed E-state index contributed by atoms with van der Waals surface area (Å²) in [5, 5.41) is 7.59. The van der Waals surface area contributed by atoms with Gasteiger partial charge in [0.25, 0.3) is 0 Å². The van der Waals surface area contributed by atoms with Crippen LogP contribution in [0.5, 0.6) is 5.75 Å². The van der Waals surface area contributed by atoms with Crippen LogP contribution in [0, 0.1) is 11.8 Å². The minimum absolute atomic E-state index is 0.344. The van der Waals surface area contributed by atoms with E-state index in [1.54, 1.807) is 7.11 Å². The van der Waals surface area contributed by atoms with Gasteiger partial charge >= 0.3 is 0 Å². The lowest BCUT2D eigenvalue weighted by Gasteiger charge is -2.42. The zero-order chi connectivity index (χ0) is 17.6. The third kappa shape index (κ3) is 4.23. The summed E-state index contributed by atoms with van der Waals surface area (Å²) in [7, 11) is 1.74. The fourth-order valence-electron chi connectivity index (χ4n) is 4.04. The van der Waals surface area contributed by atoms with Crippen molar-refractivity contribution in [3.05, 3.63) is 65.7 Å². The molecular weight excluding hydrogens is 308 g/mol. The van der Waals surface area contributed by atoms with Crippen molar-refractivity contribution in [1.82, 2.24) is 10.6 Å². The molecule has 1 fully saturated rings. The Morgan fingerprint density at radius 1 is 1.08 bits per heavy atom. The summed E-state index contributed by atoms with van der Waals surface area (Å²) in [5.41, 5.74) is 2.58. The van der Waals surface area contributed by atoms with Gasteiger partial charge in [0.05, 0.1) is 7.11 Å². The van der Waals surface area contributed by atoms with Crippen LogP contribution in [0.4, 0.5) is 0 Å². The van der Waals surface area contributed by atoms with Gasteiger partial charge in [-0.05, 0) is 36.4 Å². The second kappa shape index (κ2) is 8.50. The summed E-state index contributed by atoms with van der Waals surface area (Å²) in [6, 6.07) is 19.8. The molecule has 1 aliphatic rings. The Balaban J connectivity index is 1.81. The predicted molar refractivity (Wildman–Crippen MR) is 104 cm³/mol. The van der Waals surface area contributed by atoms with Crippen LogP contribution in [0.1, 0.15) is 37.4 Å². The topological polar surface area (TPSA) is 33.3 Å². The lowest BCUT2D eigenvalue weighted by Crippen LogP contribution is -2.52. The van der Waals surface area contributed by atoms with Crippen LogP contribution >= 0.6 is 0 Å². The van der Waals surface area contributed by atoms with Gasteiger partial charge in [-0.1, -0.05) is 62.4 Å². The second-order valence-corrected chi connectivity index (χ2v) is 7.26. The molecule has 3 atom stereocenters. The van der Waals surface area contributed by atoms with E-state index < -0.39 is 0 Å². The van der Waals surface area contributed by atoms with Gasteiger partial charge < -0.3 is 15.4 Å². The molecule has 0 bridgehead atoms. The molecule has 2 N–H and O–H groups in total. The zero-order valence-corrected chi connectivity index (χ0v) is 15.5. The lowest BCUT2D eigenvalue weighted by atomic mass is 9.77. The van der Waals surface area contributed by atoms with Crippen molar-refractivity contribution < 1.29 is 4.74 Å². The van der Waals surface area contributed by atoms with Crippen LogP contribution in [0.15, 0.2) is 54.6 Å². The van der Waals surface area contributed by atoms with E-state index in [1.165, 1.54) is 17.5 Å². The number of nitrogens with one attached hydrogen (secondary N) is 2. The van der Waals surface area contributed by atoms with Crippen molar-refractivity contribution in [1.29, 1.82) is 0 Å². The highest BCUT2D eigenvalue weighted by molar-refractivity contribution is 5.33. The first kappa shape index (κ1) is 18.0. The summed E-state index contributed by atoms with van der Waals surface area (Å²) < 4.78 is 5.52. The van der Waals surface area contributed by atoms with E-state index in [0.717, 1.165) is 18.8 Å². The fourth-order valence-corrected chi connectivity index (χ4v) is 4.04. The van der Waals surface area contributed by atoms with Gasteiger partial charge in [0, 0.05) is 24.2 Å². The van der Waals surface area contributed by atoms with Gasteiger partial charge in [0.1, 0.15) is 5.75 Å². The number of para-hydroxylation sites is 1. The molecule has 0 radical (unpaired) electrons. The summed E-state index contributed by atoms with van der Waals surface area (Å²) in [6.45, 7) is 6.59. The number of piperidine rings is 1. The molecule has 1 aliphatic heterocycles. The number of ether oxygens (including phenoxy) is 1. The maximum absolute atomic E-state index is 5.52. The summed E-state index contributed by atoms with van der Waals surface area (Å²) >= 11 is 0. The van der Waals surface area contributed by atoms with E-state index in [1.807, 2.05) is 12.1 Å². The maximum Gasteiger partial charge on any atom is 0.123 e. The molecule has 0 amide bonds. The van der Waals surface area contributed by atoms with Gasteiger partial charge in [-0.15, -0.1) is 0 Å². The number of hydrogen-bond acceptors (Lipinski definition) is 3. The Kier molecular flexibility index (Phi) is 6.11. The molecule has 0 aliphatic carbocycles. The first-order valence-corrected chi connectivity index (χ1v) is 9.34. The molecule has 0 aromatic heterocycles. The Bertz CT molecular complexity index is 656. The molecule has 134 valence electrons. The van der Waals surface area contributed by atoms with Gasteiger partial charge in [-0.25, -0.2) is 0 Å². The monoisotopic (exact) mass is 338 g/mol. The number of hydrogen-bond donors (Lipinski definition) is 2. The van der Waals surface area contributed by atoms with Crippen LogP contribution in [0.25, 0.3) is 0 Å². The van der Waals surface area contributed by atoms with E-state index in [2.05, 4.69) is 66.9 Å². The average Bonchev–Trinajstić information content (AvgIpc) is 2.66. The highest BCUT2D eigenvalue weighted by atomic mass is 16.5. The van der Waals surface area contributed by atoms with Crippen LogP contribution in [-0.4, -0.2) is 19.7 Å². The normalized spacial score (nSPS) is 23.6. The van der Waals surface area contributed by atoms with E-state index in [9.17, 15) is 0 Å². The Morgan fingerprint density at radius 2 is 1.80 bits per heavy atom. The minimum Gasteiger partial charge on any atom is -0.496 e. The highest BCUT2D eigenvalue weighted by Crippen LogP contribution is 2.33. The van der Waals surface area contributed by atoms with E-state index >= 15 is 0 Å². The maximum atomic E-state index is 5.52. The largest absolute Gasteiger partial charge is 0.496 e. The number of methoxy groups -OCH3 is 1. The average molecular weight is 338 g/mol. The second-order valence-electron chi connectivity index (χ2n) is 7.26. The Labute approximate surface area is 151 Å². The summed E-state index contributed by atoms with van der Waals surface area (Å²) in [4.78, 5) is 0. The number of benzene rings is 2. The van der Waals surface area contributed by atoms with Crippen LogP contribution in [-0.2, 0) is 6.54 Å². The van der Waals surface area contributed by atoms with Gasteiger partial charge in [-0.2, -0.15) is 0 Å². The van der Waals surface area contributed by atoms with Gasteiger partial charge in [0.15, 0.2) is 0 Å². The van der Waals surface area contributed by atoms with Crippen molar-refractivity contribution >= 4 is 0 Å². The summed E-state index contributed by atoms with van der Waals surface area (Å²) in [5.74, 6) is 2.26. The first-order valence-electron chi connectivity index (χ1n) is 9.34. The quantitative estimate of drug-likeness (QED) is 0.830. The van der Waals surface area contributed by atoms with Gasteiger partial charge in [-0.3, -0.25) is 0 Å². The predicted octanol–water partition coefficient (Wildman–Crippen LogP) is 4.16. The van der Waals surface area contributed by atoms with E-state index in [-0.39, 0.29) is 0 Å². The van der Waals surface area contributed by atoms with Crippen molar-refractivity contribution in [3.8, 4) is 5.75 Å². The number of rotatable bonds is 6. The van der Waals surface area contributed by atoms with Gasteiger partial charge in [0.2, 0.25) is 0 Å². The van der Waals surface area contributed by atoms with Crippen LogP contribution < -0.4 is 15.4 Å². The molecule has 1 saturated heterocycles. The molecule has 3 nitrogen and oxygen atoms in total. The molecule has 0 spiro atoms. The van der Waals surface area contributed by atoms with E-state index in [4.69, 9.17) is 4.74 Å². The minimum atomic E-state index is 0.344. The SMILES string of the molecule is COc1ccccc1CN[C@@H]1[C@H](c2ccccc2)NCC[C@H]1C(C)C. The van der Waals surface area contributed by atoms with Crippen molar-refractivity contribution in [2.75, 3.05) is 13.7 Å². The Morgan fingerprint density at radius 3 is 2.52 bits per heavy atom. The molecule has 2 aromatic rings. The molecule has 2 aromatic carbocycles. The summed E-state index contributed by atoms with van der Waals surface area (Å²) in [6.07, 6.45) is 1.21. The first-order chi connectivity index (χ1) is 12.2. The standard InChI is InChI=1S/C22H30N2O/c1-16(2)19-13-14-23-21(17-9-5-4-6-10-17)22(19)24-15-18-11-7-8-12-20(18)25-3/h4-12,16,19,21-24H,13-15H2,1-3H3/t19-,21-,22-/m0/s1. The third-order valence-corrected chi connectivity index (χ3v) is 5.40. The molecular formula is C22H30N2O. The molecule has 1 heterocycles. The van der Waals surface area contributed by atoms with Crippen LogP contribution in [0.3, 0.4) is 0 Å². The van der Waals surface area contributed by atoms with Crippen molar-refractivity contribution in [2.24, 2.45) is 11.8 Å². The third-order valence-electron chi connectivity index (χ3n) is 5.40. The molecule has 3 heteroatoms. The highest BCUT2D eigenvalue weighted by Gasteiger charge is 2.35. The molecule has 25 heavy (non-hydrogen) atoms. The fraction of sp³-hybridized carbons (Fsp3) is 0.455. The Hall–Kier alpha value is -1.84. The zero-order valence-electron chi connectivity index (χ0n) is 15.5. The van der Waals surface area contributed by atoms with Crippen molar-refractivity contribution in [2.45, 2.75) is 38.9 Å². The van der Waals surface area contributed by atoms with E-state index in [0.29, 0.717) is 23.9 Å².